The molecule has 0 aliphatic heterocycles. The van der Waals surface area contributed by atoms with E-state index >= 15 is 0 Å². The molecular weight excluding hydrogens is 404 g/mol. The summed E-state index contributed by atoms with van der Waals surface area (Å²) in [6, 6.07) is 8.09. The van der Waals surface area contributed by atoms with Crippen molar-refractivity contribution in [3.8, 4) is 23.3 Å². The fraction of sp³-hybridized carbons (Fsp3) is 0.677. The molecule has 1 aromatic rings. The number of hydrogen-bond donors (Lipinski definition) is 0. The van der Waals surface area contributed by atoms with Crippen LogP contribution in [0.4, 0.5) is 0 Å². The second kappa shape index (κ2) is 15.1. The highest BCUT2D eigenvalue weighted by molar-refractivity contribution is 5.31. The molecule has 0 unspecified atom stereocenters. The highest BCUT2D eigenvalue weighted by Crippen LogP contribution is 2.32. The average Bonchev–Trinajstić information content (AvgIpc) is 2.86. The molecule has 2 aliphatic rings. The van der Waals surface area contributed by atoms with Crippen LogP contribution in [-0.4, -0.2) is 13.2 Å². The number of ether oxygens (including phenoxy) is 2. The summed E-state index contributed by atoms with van der Waals surface area (Å²) in [5.41, 5.74) is 0. The SMILES string of the molecule is CCCCOc1ccc(OCC2CCC(C#C/C=C/C3CCC(CCCC)CC3)CC2)cc1. The fourth-order valence-electron chi connectivity index (χ4n) is 5.17. The summed E-state index contributed by atoms with van der Waals surface area (Å²) in [7, 11) is 0. The number of unbranched alkanes of at least 4 members (excludes halogenated alkanes) is 2. The fourth-order valence-corrected chi connectivity index (χ4v) is 5.17. The molecule has 182 valence electrons. The van der Waals surface area contributed by atoms with Crippen LogP contribution < -0.4 is 9.47 Å². The van der Waals surface area contributed by atoms with E-state index in [0.29, 0.717) is 11.8 Å². The first-order valence-corrected chi connectivity index (χ1v) is 13.8. The van der Waals surface area contributed by atoms with Gasteiger partial charge in [0.25, 0.3) is 0 Å². The third-order valence-corrected chi connectivity index (χ3v) is 7.52. The molecular formula is C31H46O2. The molecule has 0 spiro atoms. The van der Waals surface area contributed by atoms with E-state index < -0.39 is 0 Å². The average molecular weight is 451 g/mol. The summed E-state index contributed by atoms with van der Waals surface area (Å²) < 4.78 is 11.8. The van der Waals surface area contributed by atoms with Crippen molar-refractivity contribution in [1.29, 1.82) is 0 Å². The molecule has 3 rings (SSSR count). The van der Waals surface area contributed by atoms with E-state index in [1.54, 1.807) is 0 Å². The first kappa shape index (κ1) is 25.7. The van der Waals surface area contributed by atoms with Crippen molar-refractivity contribution < 1.29 is 9.47 Å². The lowest BCUT2D eigenvalue weighted by atomic mass is 9.80. The summed E-state index contributed by atoms with van der Waals surface area (Å²) in [6.07, 6.45) is 21.4. The van der Waals surface area contributed by atoms with Gasteiger partial charge in [0.05, 0.1) is 13.2 Å². The number of rotatable bonds is 11. The van der Waals surface area contributed by atoms with Crippen LogP contribution in [0.1, 0.15) is 97.3 Å². The van der Waals surface area contributed by atoms with E-state index in [2.05, 4.69) is 37.8 Å². The van der Waals surface area contributed by atoms with Gasteiger partial charge in [0.1, 0.15) is 11.5 Å². The zero-order valence-corrected chi connectivity index (χ0v) is 21.2. The Kier molecular flexibility index (Phi) is 11.8. The summed E-state index contributed by atoms with van der Waals surface area (Å²) in [4.78, 5) is 0. The van der Waals surface area contributed by atoms with Gasteiger partial charge in [-0.15, -0.1) is 0 Å². The van der Waals surface area contributed by atoms with Crippen molar-refractivity contribution >= 4 is 0 Å². The molecule has 1 aromatic carbocycles. The number of benzene rings is 1. The highest BCUT2D eigenvalue weighted by atomic mass is 16.5. The maximum atomic E-state index is 6.05. The van der Waals surface area contributed by atoms with Gasteiger partial charge in [-0.1, -0.05) is 57.4 Å². The lowest BCUT2D eigenvalue weighted by Gasteiger charge is -2.26. The summed E-state index contributed by atoms with van der Waals surface area (Å²) >= 11 is 0. The Morgan fingerprint density at radius 2 is 1.42 bits per heavy atom. The Balaban J connectivity index is 1.28. The van der Waals surface area contributed by atoms with Gasteiger partial charge in [-0.2, -0.15) is 0 Å². The Morgan fingerprint density at radius 1 is 0.788 bits per heavy atom. The van der Waals surface area contributed by atoms with Gasteiger partial charge < -0.3 is 9.47 Å². The zero-order valence-electron chi connectivity index (χ0n) is 21.2. The second-order valence-corrected chi connectivity index (χ2v) is 10.3. The largest absolute Gasteiger partial charge is 0.494 e. The van der Waals surface area contributed by atoms with Crippen LogP contribution in [0.3, 0.4) is 0 Å². The van der Waals surface area contributed by atoms with E-state index in [-0.39, 0.29) is 0 Å². The molecule has 0 bridgehead atoms. The van der Waals surface area contributed by atoms with Gasteiger partial charge in [0, 0.05) is 5.92 Å². The third kappa shape index (κ3) is 9.87. The van der Waals surface area contributed by atoms with Crippen molar-refractivity contribution in [2.45, 2.75) is 97.3 Å². The topological polar surface area (TPSA) is 18.5 Å². The molecule has 0 atom stereocenters. The molecule has 2 fully saturated rings. The van der Waals surface area contributed by atoms with Crippen LogP contribution in [0.5, 0.6) is 11.5 Å². The van der Waals surface area contributed by atoms with Gasteiger partial charge >= 0.3 is 0 Å². The highest BCUT2D eigenvalue weighted by Gasteiger charge is 2.21. The molecule has 2 saturated carbocycles. The normalized spacial score (nSPS) is 25.4. The van der Waals surface area contributed by atoms with Crippen LogP contribution in [-0.2, 0) is 0 Å². The maximum Gasteiger partial charge on any atom is 0.119 e. The lowest BCUT2D eigenvalue weighted by Crippen LogP contribution is -2.19. The van der Waals surface area contributed by atoms with Crippen LogP contribution in [0.15, 0.2) is 36.4 Å². The molecule has 2 heteroatoms. The van der Waals surface area contributed by atoms with Crippen molar-refractivity contribution in [2.24, 2.45) is 23.7 Å². The van der Waals surface area contributed by atoms with Crippen molar-refractivity contribution in [3.63, 3.8) is 0 Å². The van der Waals surface area contributed by atoms with Gasteiger partial charge in [0.15, 0.2) is 0 Å². The lowest BCUT2D eigenvalue weighted by molar-refractivity contribution is 0.196. The maximum absolute atomic E-state index is 6.05. The van der Waals surface area contributed by atoms with Gasteiger partial charge in [-0.05, 0) is 106 Å². The van der Waals surface area contributed by atoms with E-state index in [4.69, 9.17) is 9.47 Å². The van der Waals surface area contributed by atoms with E-state index in [0.717, 1.165) is 49.4 Å². The minimum Gasteiger partial charge on any atom is -0.494 e. The third-order valence-electron chi connectivity index (χ3n) is 7.52. The van der Waals surface area contributed by atoms with Crippen LogP contribution in [0, 0.1) is 35.5 Å². The molecule has 2 aliphatic carbocycles. The zero-order chi connectivity index (χ0) is 23.1. The van der Waals surface area contributed by atoms with Gasteiger partial charge in [-0.25, -0.2) is 0 Å². The molecule has 0 heterocycles. The van der Waals surface area contributed by atoms with Gasteiger partial charge in [-0.3, -0.25) is 0 Å². The molecule has 0 saturated heterocycles. The first-order valence-electron chi connectivity index (χ1n) is 13.8. The van der Waals surface area contributed by atoms with Crippen molar-refractivity contribution in [1.82, 2.24) is 0 Å². The quantitative estimate of drug-likeness (QED) is 0.248. The van der Waals surface area contributed by atoms with Crippen LogP contribution >= 0.6 is 0 Å². The van der Waals surface area contributed by atoms with Gasteiger partial charge in [0.2, 0.25) is 0 Å². The number of allylic oxidation sites excluding steroid dienone is 2. The van der Waals surface area contributed by atoms with E-state index in [1.165, 1.54) is 70.6 Å². The van der Waals surface area contributed by atoms with Crippen LogP contribution in [0.25, 0.3) is 0 Å². The first-order chi connectivity index (χ1) is 16.3. The number of hydrogen-bond acceptors (Lipinski definition) is 2. The summed E-state index contributed by atoms with van der Waals surface area (Å²) in [5.74, 6) is 11.8. The Labute approximate surface area is 203 Å². The predicted molar refractivity (Wildman–Crippen MR) is 140 cm³/mol. The molecule has 2 nitrogen and oxygen atoms in total. The summed E-state index contributed by atoms with van der Waals surface area (Å²) in [5, 5.41) is 0. The Bertz CT molecular complexity index is 722. The van der Waals surface area contributed by atoms with Crippen molar-refractivity contribution in [3.05, 3.63) is 36.4 Å². The molecule has 33 heavy (non-hydrogen) atoms. The Hall–Kier alpha value is -1.88. The summed E-state index contributed by atoms with van der Waals surface area (Å²) in [6.45, 7) is 6.09. The minimum atomic E-state index is 0.565. The minimum absolute atomic E-state index is 0.565. The second-order valence-electron chi connectivity index (χ2n) is 10.3. The molecule has 0 N–H and O–H groups in total. The molecule has 0 aromatic heterocycles. The smallest absolute Gasteiger partial charge is 0.119 e. The van der Waals surface area contributed by atoms with Crippen molar-refractivity contribution in [2.75, 3.05) is 13.2 Å². The van der Waals surface area contributed by atoms with E-state index in [9.17, 15) is 0 Å². The monoisotopic (exact) mass is 450 g/mol. The molecule has 0 amide bonds. The van der Waals surface area contributed by atoms with Crippen LogP contribution in [0.2, 0.25) is 0 Å². The van der Waals surface area contributed by atoms with E-state index in [1.807, 2.05) is 24.3 Å². The standard InChI is InChI=1S/C31H46O2/c1-3-5-9-26-12-14-27(15-13-26)10-7-8-11-28-16-18-29(19-17-28)25-33-31-22-20-30(21-23-31)32-24-6-4-2/h7,10,20-23,26-29H,3-6,9,12-19,24-25H2,1-2H3/b10-7+. The predicted octanol–water partition coefficient (Wildman–Crippen LogP) is 8.61. The Morgan fingerprint density at radius 3 is 2.09 bits per heavy atom. The molecule has 0 radical (unpaired) electrons.